The number of fused-ring (bicyclic) bond motifs is 16. The fourth-order valence-corrected chi connectivity index (χ4v) is 15.3. The molecule has 4 aliphatic rings. The zero-order valence-electron chi connectivity index (χ0n) is 45.9. The van der Waals surface area contributed by atoms with Crippen molar-refractivity contribution in [3.05, 3.63) is 232 Å². The van der Waals surface area contributed by atoms with E-state index in [1.807, 2.05) is 11.3 Å². The molecule has 1 aromatic heterocycles. The van der Waals surface area contributed by atoms with E-state index in [0.29, 0.717) is 11.8 Å². The molecule has 10 aromatic rings. The van der Waals surface area contributed by atoms with E-state index in [9.17, 15) is 0 Å². The van der Waals surface area contributed by atoms with Crippen molar-refractivity contribution >= 4 is 78.0 Å². The van der Waals surface area contributed by atoms with Gasteiger partial charge in [0.2, 0.25) is 0 Å². The molecule has 0 N–H and O–H groups in total. The summed E-state index contributed by atoms with van der Waals surface area (Å²) in [4.78, 5) is 5.24. The average molecular weight is 1000 g/mol. The highest BCUT2D eigenvalue weighted by Crippen LogP contribution is 2.64. The van der Waals surface area contributed by atoms with Crippen molar-refractivity contribution in [3.63, 3.8) is 0 Å². The monoisotopic (exact) mass is 1000 g/mol. The molecule has 0 amide bonds. The van der Waals surface area contributed by atoms with Crippen LogP contribution < -0.4 is 25.5 Å². The molecule has 3 heterocycles. The summed E-state index contributed by atoms with van der Waals surface area (Å²) in [7, 11) is 0. The Morgan fingerprint density at radius 1 is 0.474 bits per heavy atom. The standard InChI is InChI=1S/C72H65BN2S/c1-42(2)50-24-19-25-51(43(3)4)66(50)45-28-35-61-62(38-45)74(48-20-13-12-14-21-48)63-36-44(5)37-64-67(63)73(61)69-68(75(64)49-32-29-46(30-33-49)70(6,7)8)56-40-55-54-34-31-47(71(9,10)11)39-59(54)72(60(55)41-65(56)76-69)57-26-17-15-22-52(57)53-23-16-18-27-58(53)72/h12-43H,1-11H3. The predicted octanol–water partition coefficient (Wildman–Crippen LogP) is 18.1. The van der Waals surface area contributed by atoms with Crippen LogP contribution in [0.2, 0.25) is 0 Å². The molecule has 372 valence electrons. The number of benzene rings is 9. The van der Waals surface area contributed by atoms with E-state index >= 15 is 0 Å². The third-order valence-electron chi connectivity index (χ3n) is 17.6. The first-order chi connectivity index (χ1) is 36.5. The maximum Gasteiger partial charge on any atom is 0.264 e. The largest absolute Gasteiger partial charge is 0.311 e. The topological polar surface area (TPSA) is 6.48 Å². The highest BCUT2D eigenvalue weighted by atomic mass is 32.1. The molecule has 0 fully saturated rings. The van der Waals surface area contributed by atoms with Crippen molar-refractivity contribution in [2.75, 3.05) is 9.80 Å². The van der Waals surface area contributed by atoms with E-state index in [1.165, 1.54) is 143 Å². The van der Waals surface area contributed by atoms with Gasteiger partial charge in [-0.05, 0) is 179 Å². The van der Waals surface area contributed by atoms with Crippen molar-refractivity contribution in [2.24, 2.45) is 0 Å². The maximum absolute atomic E-state index is 2.65. The molecule has 2 nitrogen and oxygen atoms in total. The minimum Gasteiger partial charge on any atom is -0.311 e. The van der Waals surface area contributed by atoms with E-state index in [2.05, 4.69) is 268 Å². The second-order valence-corrected chi connectivity index (χ2v) is 26.0. The molecular weight excluding hydrogens is 936 g/mol. The summed E-state index contributed by atoms with van der Waals surface area (Å²) in [6.45, 7) is 25.7. The van der Waals surface area contributed by atoms with Gasteiger partial charge in [-0.3, -0.25) is 0 Å². The molecule has 9 aromatic carbocycles. The van der Waals surface area contributed by atoms with Gasteiger partial charge in [0.05, 0.1) is 11.1 Å². The first-order valence-electron chi connectivity index (χ1n) is 27.7. The van der Waals surface area contributed by atoms with Crippen LogP contribution in [0.15, 0.2) is 182 Å². The van der Waals surface area contributed by atoms with Crippen LogP contribution >= 0.6 is 11.3 Å². The van der Waals surface area contributed by atoms with Crippen LogP contribution in [0.5, 0.6) is 0 Å². The fourth-order valence-electron chi connectivity index (χ4n) is 14.0. The third-order valence-corrected chi connectivity index (χ3v) is 18.8. The number of rotatable bonds is 5. The molecule has 0 atom stereocenters. The van der Waals surface area contributed by atoms with Crippen LogP contribution in [0.1, 0.15) is 131 Å². The van der Waals surface area contributed by atoms with E-state index in [4.69, 9.17) is 0 Å². The van der Waals surface area contributed by atoms with E-state index in [1.54, 1.807) is 0 Å². The van der Waals surface area contributed by atoms with E-state index < -0.39 is 5.41 Å². The van der Waals surface area contributed by atoms with Crippen molar-refractivity contribution < 1.29 is 0 Å². The molecule has 0 saturated heterocycles. The first-order valence-corrected chi connectivity index (χ1v) is 28.5. The van der Waals surface area contributed by atoms with Crippen LogP contribution in [-0.4, -0.2) is 6.71 Å². The van der Waals surface area contributed by atoms with Crippen molar-refractivity contribution in [3.8, 4) is 33.4 Å². The van der Waals surface area contributed by atoms with Gasteiger partial charge in [0.1, 0.15) is 0 Å². The predicted molar refractivity (Wildman–Crippen MR) is 328 cm³/mol. The molecule has 14 rings (SSSR count). The molecule has 4 heteroatoms. The summed E-state index contributed by atoms with van der Waals surface area (Å²) >= 11 is 2.02. The highest BCUT2D eigenvalue weighted by Gasteiger charge is 2.53. The van der Waals surface area contributed by atoms with Gasteiger partial charge in [-0.2, -0.15) is 0 Å². The van der Waals surface area contributed by atoms with Gasteiger partial charge in [-0.15, -0.1) is 11.3 Å². The summed E-state index contributed by atoms with van der Waals surface area (Å²) < 4.78 is 2.72. The molecule has 1 spiro atoms. The quantitative estimate of drug-likeness (QED) is 0.159. The van der Waals surface area contributed by atoms with Gasteiger partial charge < -0.3 is 9.80 Å². The Labute approximate surface area is 454 Å². The minimum absolute atomic E-state index is 0.00427. The number of aryl methyl sites for hydroxylation is 1. The van der Waals surface area contributed by atoms with Crippen LogP contribution in [0.4, 0.5) is 34.1 Å². The van der Waals surface area contributed by atoms with Gasteiger partial charge in [0.15, 0.2) is 0 Å². The molecule has 0 radical (unpaired) electrons. The molecule has 0 bridgehead atoms. The van der Waals surface area contributed by atoms with E-state index in [-0.39, 0.29) is 17.5 Å². The van der Waals surface area contributed by atoms with Gasteiger partial charge in [-0.1, -0.05) is 197 Å². The third kappa shape index (κ3) is 6.59. The molecule has 0 unspecified atom stereocenters. The summed E-state index contributed by atoms with van der Waals surface area (Å²) in [6, 6.07) is 71.2. The Kier molecular flexibility index (Phi) is 10.3. The Morgan fingerprint density at radius 3 is 1.67 bits per heavy atom. The summed E-state index contributed by atoms with van der Waals surface area (Å²) in [5, 5.41) is 1.31. The summed E-state index contributed by atoms with van der Waals surface area (Å²) in [5.74, 6) is 0.756. The first kappa shape index (κ1) is 47.1. The Morgan fingerprint density at radius 2 is 1.04 bits per heavy atom. The van der Waals surface area contributed by atoms with Gasteiger partial charge >= 0.3 is 0 Å². The van der Waals surface area contributed by atoms with Gasteiger partial charge in [-0.25, -0.2) is 0 Å². The number of hydrogen-bond donors (Lipinski definition) is 0. The van der Waals surface area contributed by atoms with Crippen molar-refractivity contribution in [2.45, 2.75) is 104 Å². The lowest BCUT2D eigenvalue weighted by Crippen LogP contribution is -2.60. The van der Waals surface area contributed by atoms with Crippen LogP contribution in [-0.2, 0) is 16.2 Å². The second kappa shape index (κ2) is 16.6. The number of para-hydroxylation sites is 1. The molecular formula is C72H65BN2S. The van der Waals surface area contributed by atoms with Gasteiger partial charge in [0, 0.05) is 43.3 Å². The fraction of sp³-hybridized carbons (Fsp3) is 0.222. The molecule has 2 aliphatic heterocycles. The number of anilines is 6. The molecule has 76 heavy (non-hydrogen) atoms. The minimum atomic E-state index is -0.460. The van der Waals surface area contributed by atoms with Crippen molar-refractivity contribution in [1.29, 1.82) is 0 Å². The summed E-state index contributed by atoms with van der Waals surface area (Å²) in [6.07, 6.45) is 0. The number of hydrogen-bond acceptors (Lipinski definition) is 3. The lowest BCUT2D eigenvalue weighted by atomic mass is 9.36. The Hall–Kier alpha value is -7.40. The van der Waals surface area contributed by atoms with Crippen LogP contribution in [0, 0.1) is 6.92 Å². The second-order valence-electron chi connectivity index (χ2n) is 24.9. The Bertz CT molecular complexity index is 3980. The SMILES string of the molecule is Cc1cc2c3c(c1)N(c1ccc(C(C)(C)C)cc1)c1c(sc4cc5c(cc14)-c1ccc(C(C)(C)C)cc1C51c4ccccc4-c4ccccc41)B3c1ccc(-c3c(C(C)C)cccc3C(C)C)cc1N2c1ccccc1. The smallest absolute Gasteiger partial charge is 0.264 e. The van der Waals surface area contributed by atoms with Crippen LogP contribution in [0.25, 0.3) is 43.5 Å². The van der Waals surface area contributed by atoms with Crippen molar-refractivity contribution in [1.82, 2.24) is 0 Å². The summed E-state index contributed by atoms with van der Waals surface area (Å²) in [5.41, 5.74) is 30.0. The Balaban J connectivity index is 1.09. The molecule has 0 saturated carbocycles. The lowest BCUT2D eigenvalue weighted by Gasteiger charge is -2.43. The van der Waals surface area contributed by atoms with Crippen LogP contribution in [0.3, 0.4) is 0 Å². The normalized spacial score (nSPS) is 14.5. The maximum atomic E-state index is 2.65. The zero-order valence-corrected chi connectivity index (χ0v) is 46.7. The average Bonchev–Trinajstić information content (AvgIpc) is 3.64. The number of nitrogens with zero attached hydrogens (tertiary/aromatic N) is 2. The van der Waals surface area contributed by atoms with E-state index in [0.717, 1.165) is 0 Å². The lowest BCUT2D eigenvalue weighted by molar-refractivity contribution is 0.588. The highest BCUT2D eigenvalue weighted by molar-refractivity contribution is 7.33. The molecule has 2 aliphatic carbocycles. The van der Waals surface area contributed by atoms with Gasteiger partial charge in [0.25, 0.3) is 6.71 Å². The number of thiophene rings is 1. The zero-order chi connectivity index (χ0) is 52.3.